The molecule has 84 valence electrons. The molecule has 0 fully saturated rings. The van der Waals surface area contributed by atoms with E-state index < -0.39 is 0 Å². The summed E-state index contributed by atoms with van der Waals surface area (Å²) >= 11 is 0. The Kier molecular flexibility index (Phi) is 5.23. The lowest BCUT2D eigenvalue weighted by Gasteiger charge is -2.11. The first-order chi connectivity index (χ1) is 7.31. The van der Waals surface area contributed by atoms with Gasteiger partial charge in [-0.25, -0.2) is 0 Å². The van der Waals surface area contributed by atoms with Crippen molar-refractivity contribution in [3.63, 3.8) is 0 Å². The van der Waals surface area contributed by atoms with Gasteiger partial charge in [0.2, 0.25) is 0 Å². The average Bonchev–Trinajstić information content (AvgIpc) is 2.23. The van der Waals surface area contributed by atoms with Crippen molar-refractivity contribution in [2.75, 3.05) is 6.61 Å². The van der Waals surface area contributed by atoms with Crippen molar-refractivity contribution in [2.45, 2.75) is 46.5 Å². The van der Waals surface area contributed by atoms with E-state index >= 15 is 0 Å². The van der Waals surface area contributed by atoms with Crippen LogP contribution in [0.2, 0.25) is 0 Å². The van der Waals surface area contributed by atoms with Gasteiger partial charge in [-0.1, -0.05) is 38.8 Å². The van der Waals surface area contributed by atoms with Crippen molar-refractivity contribution >= 4 is 0 Å². The quantitative estimate of drug-likeness (QED) is 0.684. The highest BCUT2D eigenvalue weighted by Gasteiger charge is 2.03. The molecule has 0 saturated carbocycles. The molecule has 0 atom stereocenters. The Morgan fingerprint density at radius 1 is 1.00 bits per heavy atom. The van der Waals surface area contributed by atoms with E-state index in [-0.39, 0.29) is 0 Å². The molecule has 0 heterocycles. The van der Waals surface area contributed by atoms with E-state index in [1.807, 2.05) is 6.92 Å². The van der Waals surface area contributed by atoms with Gasteiger partial charge in [0, 0.05) is 0 Å². The molecule has 1 nitrogen and oxygen atoms in total. The molecule has 1 aromatic carbocycles. The third-order valence-corrected chi connectivity index (χ3v) is 2.48. The average molecular weight is 206 g/mol. The van der Waals surface area contributed by atoms with E-state index in [4.69, 9.17) is 4.74 Å². The fraction of sp³-hybridized carbons (Fsp3) is 0.571. The van der Waals surface area contributed by atoms with Gasteiger partial charge < -0.3 is 4.74 Å². The summed E-state index contributed by atoms with van der Waals surface area (Å²) in [5.74, 6) is 1.07. The lowest BCUT2D eigenvalue weighted by molar-refractivity contribution is 0.336. The maximum absolute atomic E-state index is 5.62. The van der Waals surface area contributed by atoms with Gasteiger partial charge in [-0.15, -0.1) is 0 Å². The molecule has 0 bridgehead atoms. The summed E-state index contributed by atoms with van der Waals surface area (Å²) in [5, 5.41) is 0. The maximum Gasteiger partial charge on any atom is 0.122 e. The first-order valence-electron chi connectivity index (χ1n) is 6.06. The zero-order valence-electron chi connectivity index (χ0n) is 10.2. The molecule has 0 aromatic heterocycles. The molecular weight excluding hydrogens is 184 g/mol. The van der Waals surface area contributed by atoms with Crippen molar-refractivity contribution in [1.29, 1.82) is 0 Å². The maximum atomic E-state index is 5.62. The Balaban J connectivity index is 2.87. The Labute approximate surface area is 93.5 Å². The summed E-state index contributed by atoms with van der Waals surface area (Å²) in [6.07, 6.45) is 4.67. The minimum absolute atomic E-state index is 0.754. The van der Waals surface area contributed by atoms with Crippen LogP contribution in [-0.2, 0) is 12.8 Å². The summed E-state index contributed by atoms with van der Waals surface area (Å²) < 4.78 is 5.62. The summed E-state index contributed by atoms with van der Waals surface area (Å²) in [5.41, 5.74) is 2.80. The molecule has 1 aromatic rings. The van der Waals surface area contributed by atoms with Crippen LogP contribution in [-0.4, -0.2) is 6.61 Å². The third kappa shape index (κ3) is 3.58. The van der Waals surface area contributed by atoms with Crippen molar-refractivity contribution in [3.8, 4) is 5.75 Å². The zero-order valence-corrected chi connectivity index (χ0v) is 10.2. The zero-order chi connectivity index (χ0) is 11.1. The van der Waals surface area contributed by atoms with Crippen LogP contribution in [0.4, 0.5) is 0 Å². The molecule has 0 radical (unpaired) electrons. The molecule has 0 unspecified atom stereocenters. The van der Waals surface area contributed by atoms with Crippen LogP contribution in [0.1, 0.15) is 44.7 Å². The third-order valence-electron chi connectivity index (χ3n) is 2.48. The number of hydrogen-bond donors (Lipinski definition) is 0. The van der Waals surface area contributed by atoms with Gasteiger partial charge in [0.15, 0.2) is 0 Å². The topological polar surface area (TPSA) is 9.23 Å². The van der Waals surface area contributed by atoms with Crippen molar-refractivity contribution < 1.29 is 4.74 Å². The van der Waals surface area contributed by atoms with E-state index in [2.05, 4.69) is 32.0 Å². The standard InChI is InChI=1S/C14H22O/c1-4-7-12-9-10-14(15-6-3)13(11-12)8-5-2/h9-11H,4-8H2,1-3H3. The molecule has 0 aliphatic rings. The first-order valence-corrected chi connectivity index (χ1v) is 6.06. The smallest absolute Gasteiger partial charge is 0.122 e. The van der Waals surface area contributed by atoms with Crippen LogP contribution in [0.15, 0.2) is 18.2 Å². The molecule has 0 amide bonds. The molecule has 0 N–H and O–H groups in total. The van der Waals surface area contributed by atoms with Crippen LogP contribution >= 0.6 is 0 Å². The van der Waals surface area contributed by atoms with E-state index in [1.54, 1.807) is 0 Å². The van der Waals surface area contributed by atoms with Gasteiger partial charge in [-0.3, -0.25) is 0 Å². The molecule has 0 aliphatic carbocycles. The predicted octanol–water partition coefficient (Wildman–Crippen LogP) is 3.99. The van der Waals surface area contributed by atoms with Crippen LogP contribution in [0.3, 0.4) is 0 Å². The molecule has 1 rings (SSSR count). The van der Waals surface area contributed by atoms with E-state index in [1.165, 1.54) is 30.4 Å². The molecule has 0 aliphatic heterocycles. The molecule has 15 heavy (non-hydrogen) atoms. The highest BCUT2D eigenvalue weighted by Crippen LogP contribution is 2.22. The van der Waals surface area contributed by atoms with Crippen LogP contribution in [0, 0.1) is 0 Å². The molecule has 0 saturated heterocycles. The van der Waals surface area contributed by atoms with Gasteiger partial charge in [-0.05, 0) is 37.0 Å². The second kappa shape index (κ2) is 6.49. The SMILES string of the molecule is CCCc1ccc(OCC)c(CCC)c1. The van der Waals surface area contributed by atoms with Gasteiger partial charge >= 0.3 is 0 Å². The summed E-state index contributed by atoms with van der Waals surface area (Å²) in [7, 11) is 0. The summed E-state index contributed by atoms with van der Waals surface area (Å²) in [6.45, 7) is 7.22. The number of hydrogen-bond acceptors (Lipinski definition) is 1. The minimum atomic E-state index is 0.754. The van der Waals surface area contributed by atoms with E-state index in [0.717, 1.165) is 18.8 Å². The Hall–Kier alpha value is -0.980. The Morgan fingerprint density at radius 2 is 1.73 bits per heavy atom. The van der Waals surface area contributed by atoms with Gasteiger partial charge in [-0.2, -0.15) is 0 Å². The monoisotopic (exact) mass is 206 g/mol. The minimum Gasteiger partial charge on any atom is -0.494 e. The van der Waals surface area contributed by atoms with E-state index in [0.29, 0.717) is 0 Å². The van der Waals surface area contributed by atoms with Crippen LogP contribution < -0.4 is 4.74 Å². The largest absolute Gasteiger partial charge is 0.494 e. The van der Waals surface area contributed by atoms with Crippen LogP contribution in [0.5, 0.6) is 5.75 Å². The highest BCUT2D eigenvalue weighted by molar-refractivity contribution is 5.37. The predicted molar refractivity (Wildman–Crippen MR) is 65.6 cm³/mol. The second-order valence-corrected chi connectivity index (χ2v) is 3.88. The molecule has 0 spiro atoms. The Bertz CT molecular complexity index is 291. The van der Waals surface area contributed by atoms with Crippen molar-refractivity contribution in [3.05, 3.63) is 29.3 Å². The first kappa shape index (κ1) is 12.1. The van der Waals surface area contributed by atoms with Gasteiger partial charge in [0.25, 0.3) is 0 Å². The number of ether oxygens (including phenoxy) is 1. The second-order valence-electron chi connectivity index (χ2n) is 3.88. The van der Waals surface area contributed by atoms with Crippen molar-refractivity contribution in [1.82, 2.24) is 0 Å². The summed E-state index contributed by atoms with van der Waals surface area (Å²) in [4.78, 5) is 0. The lowest BCUT2D eigenvalue weighted by atomic mass is 10.0. The normalized spacial score (nSPS) is 10.3. The molecule has 1 heteroatoms. The van der Waals surface area contributed by atoms with Crippen LogP contribution in [0.25, 0.3) is 0 Å². The Morgan fingerprint density at radius 3 is 2.33 bits per heavy atom. The van der Waals surface area contributed by atoms with E-state index in [9.17, 15) is 0 Å². The van der Waals surface area contributed by atoms with Gasteiger partial charge in [0.1, 0.15) is 5.75 Å². The van der Waals surface area contributed by atoms with Crippen molar-refractivity contribution in [2.24, 2.45) is 0 Å². The lowest BCUT2D eigenvalue weighted by Crippen LogP contribution is -1.98. The highest BCUT2D eigenvalue weighted by atomic mass is 16.5. The fourth-order valence-corrected chi connectivity index (χ4v) is 1.84. The molecular formula is C14H22O. The number of aryl methyl sites for hydroxylation is 2. The number of benzene rings is 1. The number of rotatable bonds is 6. The summed E-state index contributed by atoms with van der Waals surface area (Å²) in [6, 6.07) is 6.62. The van der Waals surface area contributed by atoms with Gasteiger partial charge in [0.05, 0.1) is 6.61 Å². The fourth-order valence-electron chi connectivity index (χ4n) is 1.84.